The monoisotopic (exact) mass is 346 g/mol. The van der Waals surface area contributed by atoms with Crippen molar-refractivity contribution in [3.05, 3.63) is 60.4 Å². The molecular formula is C18H14N6O2. The van der Waals surface area contributed by atoms with E-state index >= 15 is 0 Å². The third-order valence-corrected chi connectivity index (χ3v) is 4.07. The molecule has 0 amide bonds. The molecule has 0 bridgehead atoms. The van der Waals surface area contributed by atoms with Gasteiger partial charge in [-0.3, -0.25) is 4.79 Å². The van der Waals surface area contributed by atoms with Gasteiger partial charge >= 0.3 is 5.97 Å². The van der Waals surface area contributed by atoms with E-state index in [0.29, 0.717) is 11.6 Å². The molecule has 0 spiro atoms. The van der Waals surface area contributed by atoms with E-state index < -0.39 is 11.9 Å². The number of benzene rings is 2. The number of nitrogens with zero attached hydrogens (tertiary/aromatic N) is 6. The molecule has 1 unspecified atom stereocenters. The van der Waals surface area contributed by atoms with Crippen LogP contribution in [0, 0.1) is 0 Å². The summed E-state index contributed by atoms with van der Waals surface area (Å²) in [6.07, 6.45) is 0. The lowest BCUT2D eigenvalue weighted by Crippen LogP contribution is -2.15. The van der Waals surface area contributed by atoms with Gasteiger partial charge in [-0.05, 0) is 29.5 Å². The van der Waals surface area contributed by atoms with Gasteiger partial charge in [-0.25, -0.2) is 9.97 Å². The van der Waals surface area contributed by atoms with E-state index in [1.54, 1.807) is 0 Å². The molecule has 4 aromatic rings. The van der Waals surface area contributed by atoms with Crippen LogP contribution in [0.5, 0.6) is 0 Å². The molecule has 0 aliphatic carbocycles. The summed E-state index contributed by atoms with van der Waals surface area (Å²) in [5.74, 6) is -0.715. The SMILES string of the molecule is CC(C(=O)O)c1nnnn1-c1nc(-c2ccccc2)nc2ccccc12. The molecule has 1 atom stereocenters. The third-order valence-electron chi connectivity index (χ3n) is 4.07. The molecule has 0 fully saturated rings. The van der Waals surface area contributed by atoms with Gasteiger partial charge in [0.25, 0.3) is 0 Å². The van der Waals surface area contributed by atoms with Crippen LogP contribution in [0.15, 0.2) is 54.6 Å². The van der Waals surface area contributed by atoms with Crippen molar-refractivity contribution < 1.29 is 9.90 Å². The van der Waals surface area contributed by atoms with Crippen molar-refractivity contribution in [1.82, 2.24) is 30.2 Å². The molecule has 1 N–H and O–H groups in total. The van der Waals surface area contributed by atoms with Crippen molar-refractivity contribution in [2.75, 3.05) is 0 Å². The molecule has 2 aromatic carbocycles. The van der Waals surface area contributed by atoms with Crippen LogP contribution >= 0.6 is 0 Å². The van der Waals surface area contributed by atoms with Gasteiger partial charge in [-0.1, -0.05) is 42.5 Å². The number of aliphatic carboxylic acids is 1. The minimum Gasteiger partial charge on any atom is -0.481 e. The summed E-state index contributed by atoms with van der Waals surface area (Å²) in [6.45, 7) is 1.53. The van der Waals surface area contributed by atoms with Crippen LogP contribution < -0.4 is 0 Å². The van der Waals surface area contributed by atoms with E-state index in [4.69, 9.17) is 0 Å². The van der Waals surface area contributed by atoms with Crippen LogP contribution in [0.1, 0.15) is 18.7 Å². The van der Waals surface area contributed by atoms with Gasteiger partial charge in [0, 0.05) is 10.9 Å². The van der Waals surface area contributed by atoms with E-state index in [9.17, 15) is 9.90 Å². The van der Waals surface area contributed by atoms with Crippen LogP contribution in [0.3, 0.4) is 0 Å². The number of rotatable bonds is 4. The maximum atomic E-state index is 11.4. The van der Waals surface area contributed by atoms with Gasteiger partial charge in [0.05, 0.1) is 5.52 Å². The molecule has 8 heteroatoms. The first-order chi connectivity index (χ1) is 12.6. The number of aromatic nitrogens is 6. The van der Waals surface area contributed by atoms with E-state index in [1.807, 2.05) is 54.6 Å². The topological polar surface area (TPSA) is 107 Å². The predicted octanol–water partition coefficient (Wildman–Crippen LogP) is 2.46. The zero-order valence-corrected chi connectivity index (χ0v) is 13.8. The average Bonchev–Trinajstić information content (AvgIpc) is 3.16. The van der Waals surface area contributed by atoms with Crippen LogP contribution in [-0.2, 0) is 4.79 Å². The largest absolute Gasteiger partial charge is 0.481 e. The number of hydrogen-bond acceptors (Lipinski definition) is 6. The normalized spacial score (nSPS) is 12.2. The van der Waals surface area contributed by atoms with Crippen LogP contribution in [0.4, 0.5) is 0 Å². The minimum atomic E-state index is -1.01. The average molecular weight is 346 g/mol. The third kappa shape index (κ3) is 2.67. The van der Waals surface area contributed by atoms with Crippen molar-refractivity contribution in [2.45, 2.75) is 12.8 Å². The van der Waals surface area contributed by atoms with E-state index in [-0.39, 0.29) is 5.82 Å². The number of para-hydroxylation sites is 1. The molecule has 0 radical (unpaired) electrons. The van der Waals surface area contributed by atoms with Gasteiger partial charge in [0.15, 0.2) is 17.5 Å². The predicted molar refractivity (Wildman–Crippen MR) is 93.7 cm³/mol. The van der Waals surface area contributed by atoms with Crippen LogP contribution in [0.25, 0.3) is 28.1 Å². The Bertz CT molecular complexity index is 1090. The van der Waals surface area contributed by atoms with Gasteiger partial charge in [0.1, 0.15) is 5.92 Å². The highest BCUT2D eigenvalue weighted by molar-refractivity contribution is 5.87. The van der Waals surface area contributed by atoms with E-state index in [1.165, 1.54) is 11.6 Å². The lowest BCUT2D eigenvalue weighted by atomic mass is 10.1. The first kappa shape index (κ1) is 15.8. The first-order valence-corrected chi connectivity index (χ1v) is 7.99. The Kier molecular flexibility index (Phi) is 3.85. The second kappa shape index (κ2) is 6.32. The molecule has 0 saturated heterocycles. The summed E-state index contributed by atoms with van der Waals surface area (Å²) in [6, 6.07) is 17.0. The Labute approximate surface area is 148 Å². The Balaban J connectivity index is 1.98. The minimum absolute atomic E-state index is 0.209. The summed E-state index contributed by atoms with van der Waals surface area (Å²) in [5, 5.41) is 21.6. The number of carboxylic acid groups (broad SMARTS) is 1. The number of carbonyl (C=O) groups is 1. The molecule has 0 aliphatic heterocycles. The van der Waals surface area contributed by atoms with Crippen molar-refractivity contribution in [1.29, 1.82) is 0 Å². The zero-order chi connectivity index (χ0) is 18.1. The molecular weight excluding hydrogens is 332 g/mol. The summed E-state index contributed by atoms with van der Waals surface area (Å²) >= 11 is 0. The van der Waals surface area contributed by atoms with Gasteiger partial charge < -0.3 is 5.11 Å². The Morgan fingerprint density at radius 3 is 2.54 bits per heavy atom. The number of fused-ring (bicyclic) bond motifs is 1. The maximum Gasteiger partial charge on any atom is 0.314 e. The number of hydrogen-bond donors (Lipinski definition) is 1. The second-order valence-electron chi connectivity index (χ2n) is 5.76. The molecule has 2 aromatic heterocycles. The fourth-order valence-corrected chi connectivity index (χ4v) is 2.66. The fourth-order valence-electron chi connectivity index (χ4n) is 2.66. The summed E-state index contributed by atoms with van der Waals surface area (Å²) in [5.41, 5.74) is 1.57. The Hall–Kier alpha value is -3.68. The molecule has 0 saturated carbocycles. The second-order valence-corrected chi connectivity index (χ2v) is 5.76. The summed E-state index contributed by atoms with van der Waals surface area (Å²) < 4.78 is 1.37. The van der Waals surface area contributed by atoms with Crippen molar-refractivity contribution in [3.8, 4) is 17.2 Å². The van der Waals surface area contributed by atoms with Crippen LogP contribution in [0.2, 0.25) is 0 Å². The first-order valence-electron chi connectivity index (χ1n) is 7.99. The highest BCUT2D eigenvalue weighted by atomic mass is 16.4. The number of carboxylic acids is 1. The molecule has 26 heavy (non-hydrogen) atoms. The van der Waals surface area contributed by atoms with Crippen molar-refractivity contribution >= 4 is 16.9 Å². The van der Waals surface area contributed by atoms with Crippen LogP contribution in [-0.4, -0.2) is 41.3 Å². The molecule has 2 heterocycles. The molecule has 8 nitrogen and oxygen atoms in total. The van der Waals surface area contributed by atoms with E-state index in [2.05, 4.69) is 25.5 Å². The zero-order valence-electron chi connectivity index (χ0n) is 13.8. The molecule has 0 aliphatic rings. The van der Waals surface area contributed by atoms with Gasteiger partial charge in [-0.2, -0.15) is 4.68 Å². The summed E-state index contributed by atoms with van der Waals surface area (Å²) in [4.78, 5) is 20.6. The van der Waals surface area contributed by atoms with Gasteiger partial charge in [-0.15, -0.1) is 5.10 Å². The highest BCUT2D eigenvalue weighted by Crippen LogP contribution is 2.25. The smallest absolute Gasteiger partial charge is 0.314 e. The Morgan fingerprint density at radius 2 is 1.77 bits per heavy atom. The van der Waals surface area contributed by atoms with Crippen molar-refractivity contribution in [2.24, 2.45) is 0 Å². The maximum absolute atomic E-state index is 11.4. The lowest BCUT2D eigenvalue weighted by Gasteiger charge is -2.11. The summed E-state index contributed by atoms with van der Waals surface area (Å²) in [7, 11) is 0. The highest BCUT2D eigenvalue weighted by Gasteiger charge is 2.24. The van der Waals surface area contributed by atoms with Crippen molar-refractivity contribution in [3.63, 3.8) is 0 Å². The van der Waals surface area contributed by atoms with E-state index in [0.717, 1.165) is 16.5 Å². The standard InChI is InChI=1S/C18H14N6O2/c1-11(18(25)26)16-21-22-23-24(16)17-13-9-5-6-10-14(13)19-15(20-17)12-7-3-2-4-8-12/h2-11H,1H3,(H,25,26). The molecule has 4 rings (SSSR count). The Morgan fingerprint density at radius 1 is 1.04 bits per heavy atom. The van der Waals surface area contributed by atoms with Gasteiger partial charge in [0.2, 0.25) is 0 Å². The quantitative estimate of drug-likeness (QED) is 0.605. The number of tetrazole rings is 1. The fraction of sp³-hybridized carbons (Fsp3) is 0.111. The lowest BCUT2D eigenvalue weighted by molar-refractivity contribution is -0.138. The molecule has 128 valence electrons.